The van der Waals surface area contributed by atoms with Gasteiger partial charge in [0.15, 0.2) is 0 Å². The molecule has 1 N–H and O–H groups in total. The van der Waals surface area contributed by atoms with Gasteiger partial charge in [0.2, 0.25) is 0 Å². The molecular formula is C15H22O3S. The average molecular weight is 282 g/mol. The van der Waals surface area contributed by atoms with Crippen LogP contribution in [-0.4, -0.2) is 21.0 Å². The number of unbranched alkanes of at least 4 members (excludes halogenated alkanes) is 1. The van der Waals surface area contributed by atoms with Crippen LogP contribution in [0.15, 0.2) is 29.2 Å². The van der Waals surface area contributed by atoms with Crippen molar-refractivity contribution in [3.8, 4) is 0 Å². The van der Waals surface area contributed by atoms with E-state index >= 15 is 0 Å². The number of hydrogen-bond donors (Lipinski definition) is 1. The maximum atomic E-state index is 12.3. The molecule has 0 radical (unpaired) electrons. The van der Waals surface area contributed by atoms with E-state index in [1.54, 1.807) is 12.1 Å². The zero-order valence-electron chi connectivity index (χ0n) is 11.6. The summed E-state index contributed by atoms with van der Waals surface area (Å²) < 4.78 is 12.3. The molecule has 0 saturated carbocycles. The topological polar surface area (TPSA) is 54.4 Å². The monoisotopic (exact) mass is 282 g/mol. The Morgan fingerprint density at radius 2 is 2.11 bits per heavy atom. The molecule has 0 amide bonds. The van der Waals surface area contributed by atoms with Crippen LogP contribution in [0, 0.1) is 5.92 Å². The lowest BCUT2D eigenvalue weighted by atomic mass is 10.0. The van der Waals surface area contributed by atoms with Crippen molar-refractivity contribution in [3.63, 3.8) is 0 Å². The van der Waals surface area contributed by atoms with E-state index in [-0.39, 0.29) is 5.56 Å². The Kier molecular flexibility index (Phi) is 6.78. The van der Waals surface area contributed by atoms with Gasteiger partial charge >= 0.3 is 5.97 Å². The highest BCUT2D eigenvalue weighted by Gasteiger charge is 2.13. The van der Waals surface area contributed by atoms with Crippen LogP contribution in [0.1, 0.15) is 49.9 Å². The lowest BCUT2D eigenvalue weighted by molar-refractivity contribution is 0.0696. The van der Waals surface area contributed by atoms with Gasteiger partial charge in [0.05, 0.1) is 16.4 Å². The molecule has 4 heteroatoms. The molecule has 1 aromatic rings. The first kappa shape index (κ1) is 15.9. The molecule has 1 aromatic carbocycles. The molecule has 0 aliphatic carbocycles. The first-order valence-electron chi connectivity index (χ1n) is 6.80. The van der Waals surface area contributed by atoms with Crippen LogP contribution in [0.4, 0.5) is 0 Å². The van der Waals surface area contributed by atoms with Gasteiger partial charge in [0.25, 0.3) is 0 Å². The predicted molar refractivity (Wildman–Crippen MR) is 78.0 cm³/mol. The summed E-state index contributed by atoms with van der Waals surface area (Å²) >= 11 is 0. The van der Waals surface area contributed by atoms with E-state index in [0.29, 0.717) is 16.6 Å². The highest BCUT2D eigenvalue weighted by atomic mass is 32.2. The largest absolute Gasteiger partial charge is 0.478 e. The Hall–Kier alpha value is -1.16. The fourth-order valence-electron chi connectivity index (χ4n) is 1.98. The number of rotatable bonds is 8. The van der Waals surface area contributed by atoms with Crippen LogP contribution in [-0.2, 0) is 10.8 Å². The van der Waals surface area contributed by atoms with Gasteiger partial charge in [-0.15, -0.1) is 0 Å². The third kappa shape index (κ3) is 5.15. The fraction of sp³-hybridized carbons (Fsp3) is 0.533. The van der Waals surface area contributed by atoms with E-state index in [0.717, 1.165) is 25.7 Å². The number of carboxylic acid groups (broad SMARTS) is 1. The third-order valence-corrected chi connectivity index (χ3v) is 4.83. The van der Waals surface area contributed by atoms with Crippen molar-refractivity contribution < 1.29 is 14.1 Å². The first-order valence-corrected chi connectivity index (χ1v) is 8.12. The van der Waals surface area contributed by atoms with Crippen molar-refractivity contribution in [2.45, 2.75) is 44.4 Å². The minimum Gasteiger partial charge on any atom is -0.478 e. The maximum absolute atomic E-state index is 12.3. The quantitative estimate of drug-likeness (QED) is 0.790. The van der Waals surface area contributed by atoms with E-state index in [4.69, 9.17) is 5.11 Å². The van der Waals surface area contributed by atoms with Gasteiger partial charge in [-0.3, -0.25) is 4.21 Å². The molecule has 0 bridgehead atoms. The van der Waals surface area contributed by atoms with E-state index in [1.807, 2.05) is 0 Å². The second-order valence-electron chi connectivity index (χ2n) is 4.76. The summed E-state index contributed by atoms with van der Waals surface area (Å²) in [7, 11) is -1.11. The van der Waals surface area contributed by atoms with Gasteiger partial charge in [-0.2, -0.15) is 0 Å². The molecule has 0 aliphatic rings. The van der Waals surface area contributed by atoms with Crippen LogP contribution in [0.25, 0.3) is 0 Å². The second-order valence-corrected chi connectivity index (χ2v) is 6.26. The van der Waals surface area contributed by atoms with Crippen molar-refractivity contribution in [2.24, 2.45) is 5.92 Å². The average Bonchev–Trinajstić information content (AvgIpc) is 2.43. The van der Waals surface area contributed by atoms with Gasteiger partial charge in [-0.1, -0.05) is 39.2 Å². The summed E-state index contributed by atoms with van der Waals surface area (Å²) in [6.45, 7) is 4.27. The molecule has 0 aromatic heterocycles. The highest BCUT2D eigenvalue weighted by Crippen LogP contribution is 2.18. The summed E-state index contributed by atoms with van der Waals surface area (Å²) in [4.78, 5) is 11.5. The van der Waals surface area contributed by atoms with Crippen LogP contribution >= 0.6 is 0 Å². The maximum Gasteiger partial charge on any atom is 0.335 e. The van der Waals surface area contributed by atoms with Crippen LogP contribution in [0.5, 0.6) is 0 Å². The Morgan fingerprint density at radius 1 is 1.37 bits per heavy atom. The van der Waals surface area contributed by atoms with Crippen molar-refractivity contribution in [3.05, 3.63) is 29.8 Å². The first-order chi connectivity index (χ1) is 9.08. The number of carbonyl (C=O) groups is 1. The van der Waals surface area contributed by atoms with Gasteiger partial charge in [-0.05, 0) is 30.5 Å². The molecule has 0 fully saturated rings. The summed E-state index contributed by atoms with van der Waals surface area (Å²) in [5, 5.41) is 8.94. The standard InChI is InChI=1S/C15H22O3S/c1-3-5-7-12(4-2)11-19(18)14-9-6-8-13(10-14)15(16)17/h6,8-10,12H,3-5,7,11H2,1-2H3,(H,16,17). The summed E-state index contributed by atoms with van der Waals surface area (Å²) in [6.07, 6.45) is 4.42. The number of benzene rings is 1. The van der Waals surface area contributed by atoms with E-state index < -0.39 is 16.8 Å². The highest BCUT2D eigenvalue weighted by molar-refractivity contribution is 7.85. The minimum atomic E-state index is -1.11. The minimum absolute atomic E-state index is 0.201. The third-order valence-electron chi connectivity index (χ3n) is 3.27. The van der Waals surface area contributed by atoms with Gasteiger partial charge in [-0.25, -0.2) is 4.79 Å². The zero-order chi connectivity index (χ0) is 14.3. The van der Waals surface area contributed by atoms with Crippen molar-refractivity contribution >= 4 is 16.8 Å². The van der Waals surface area contributed by atoms with Crippen LogP contribution in [0.2, 0.25) is 0 Å². The number of aromatic carboxylic acids is 1. The summed E-state index contributed by atoms with van der Waals surface area (Å²) in [5.74, 6) is 0.102. The summed E-state index contributed by atoms with van der Waals surface area (Å²) in [5.41, 5.74) is 0.201. The summed E-state index contributed by atoms with van der Waals surface area (Å²) in [6, 6.07) is 6.45. The van der Waals surface area contributed by atoms with Crippen molar-refractivity contribution in [1.29, 1.82) is 0 Å². The fourth-order valence-corrected chi connectivity index (χ4v) is 3.49. The Bertz CT molecular complexity index is 443. The SMILES string of the molecule is CCCCC(CC)CS(=O)c1cccc(C(=O)O)c1. The molecule has 1 rings (SSSR count). The van der Waals surface area contributed by atoms with Crippen molar-refractivity contribution in [2.75, 3.05) is 5.75 Å². The molecule has 0 heterocycles. The van der Waals surface area contributed by atoms with Gasteiger partial charge < -0.3 is 5.11 Å². The van der Waals surface area contributed by atoms with E-state index in [9.17, 15) is 9.00 Å². The van der Waals surface area contributed by atoms with Gasteiger partial charge in [0, 0.05) is 10.6 Å². The number of hydrogen-bond acceptors (Lipinski definition) is 2. The molecule has 0 aliphatic heterocycles. The Balaban J connectivity index is 2.71. The smallest absolute Gasteiger partial charge is 0.335 e. The zero-order valence-corrected chi connectivity index (χ0v) is 12.4. The van der Waals surface area contributed by atoms with Crippen LogP contribution in [0.3, 0.4) is 0 Å². The predicted octanol–water partition coefficient (Wildman–Crippen LogP) is 3.71. The van der Waals surface area contributed by atoms with Gasteiger partial charge in [0.1, 0.15) is 0 Å². The lowest BCUT2D eigenvalue weighted by Crippen LogP contribution is -2.11. The molecule has 106 valence electrons. The second kappa shape index (κ2) is 8.10. The number of carboxylic acids is 1. The molecule has 3 nitrogen and oxygen atoms in total. The molecule has 2 atom stereocenters. The van der Waals surface area contributed by atoms with E-state index in [2.05, 4.69) is 13.8 Å². The molecule has 2 unspecified atom stereocenters. The van der Waals surface area contributed by atoms with Crippen molar-refractivity contribution in [1.82, 2.24) is 0 Å². The Labute approximate surface area is 117 Å². The molecule has 0 saturated heterocycles. The molecule has 0 spiro atoms. The molecular weight excluding hydrogens is 260 g/mol. The van der Waals surface area contributed by atoms with Crippen LogP contribution < -0.4 is 0 Å². The molecule has 19 heavy (non-hydrogen) atoms. The van der Waals surface area contributed by atoms with E-state index in [1.165, 1.54) is 12.1 Å². The Morgan fingerprint density at radius 3 is 2.68 bits per heavy atom. The normalized spacial score (nSPS) is 14.0. The lowest BCUT2D eigenvalue weighted by Gasteiger charge is -2.14.